The monoisotopic (exact) mass is 246 g/mol. The molecule has 1 rings (SSSR count). The van der Waals surface area contributed by atoms with E-state index in [0.717, 1.165) is 0 Å². The molecule has 5 heteroatoms. The fraction of sp³-hybridized carbons (Fsp3) is 0.364. The molecule has 1 atom stereocenters. The molecule has 3 N–H and O–H groups in total. The number of carbonyl (C=O) groups excluding carboxylic acids is 1. The van der Waals surface area contributed by atoms with Gasteiger partial charge in [-0.1, -0.05) is 18.2 Å². The van der Waals surface area contributed by atoms with Crippen molar-refractivity contribution >= 4 is 18.3 Å². The summed E-state index contributed by atoms with van der Waals surface area (Å²) in [5, 5.41) is 2.51. The number of carbonyl (C=O) groups is 1. The van der Waals surface area contributed by atoms with Crippen molar-refractivity contribution in [3.8, 4) is 0 Å². The lowest BCUT2D eigenvalue weighted by atomic mass is 9.98. The van der Waals surface area contributed by atoms with Crippen LogP contribution in [0.4, 0.5) is 4.39 Å². The van der Waals surface area contributed by atoms with E-state index in [1.54, 1.807) is 25.2 Å². The van der Waals surface area contributed by atoms with Crippen molar-refractivity contribution in [2.45, 2.75) is 6.42 Å². The quantitative estimate of drug-likeness (QED) is 0.836. The van der Waals surface area contributed by atoms with Gasteiger partial charge in [0.2, 0.25) is 5.91 Å². The molecule has 0 saturated carbocycles. The van der Waals surface area contributed by atoms with E-state index >= 15 is 0 Å². The van der Waals surface area contributed by atoms with Gasteiger partial charge in [-0.3, -0.25) is 4.79 Å². The van der Waals surface area contributed by atoms with E-state index < -0.39 is 0 Å². The summed E-state index contributed by atoms with van der Waals surface area (Å²) in [6.07, 6.45) is 0.336. The van der Waals surface area contributed by atoms with Crippen molar-refractivity contribution in [1.29, 1.82) is 0 Å². The highest BCUT2D eigenvalue weighted by Crippen LogP contribution is 2.12. The van der Waals surface area contributed by atoms with E-state index in [1.807, 2.05) is 0 Å². The number of amides is 1. The van der Waals surface area contributed by atoms with E-state index in [1.165, 1.54) is 6.07 Å². The SMILES string of the molecule is CNC(=O)C(CN)Cc1ccccc1F.Cl. The van der Waals surface area contributed by atoms with Crippen LogP contribution in [0.5, 0.6) is 0 Å². The second kappa shape index (κ2) is 7.19. The Morgan fingerprint density at radius 1 is 1.50 bits per heavy atom. The van der Waals surface area contributed by atoms with Gasteiger partial charge in [-0.25, -0.2) is 4.39 Å². The lowest BCUT2D eigenvalue weighted by Crippen LogP contribution is -2.34. The lowest BCUT2D eigenvalue weighted by molar-refractivity contribution is -0.124. The van der Waals surface area contributed by atoms with E-state index in [2.05, 4.69) is 5.32 Å². The predicted molar refractivity (Wildman–Crippen MR) is 64.0 cm³/mol. The van der Waals surface area contributed by atoms with Gasteiger partial charge < -0.3 is 11.1 Å². The van der Waals surface area contributed by atoms with Gasteiger partial charge in [0.15, 0.2) is 0 Å². The molecular weight excluding hydrogens is 231 g/mol. The molecule has 1 amide bonds. The molecule has 1 aromatic rings. The Kier molecular flexibility index (Phi) is 6.69. The van der Waals surface area contributed by atoms with E-state index in [-0.39, 0.29) is 36.6 Å². The average molecular weight is 247 g/mol. The van der Waals surface area contributed by atoms with Crippen LogP contribution in [-0.2, 0) is 11.2 Å². The minimum absolute atomic E-state index is 0. The molecule has 0 fully saturated rings. The molecule has 0 heterocycles. The average Bonchev–Trinajstić information content (AvgIpc) is 2.27. The highest BCUT2D eigenvalue weighted by atomic mass is 35.5. The number of nitrogens with one attached hydrogen (secondary N) is 1. The first-order valence-electron chi connectivity index (χ1n) is 4.84. The number of nitrogens with two attached hydrogens (primary N) is 1. The van der Waals surface area contributed by atoms with Crippen molar-refractivity contribution in [1.82, 2.24) is 5.32 Å². The number of halogens is 2. The van der Waals surface area contributed by atoms with Gasteiger partial charge in [0.05, 0.1) is 5.92 Å². The molecule has 0 aromatic heterocycles. The van der Waals surface area contributed by atoms with Crippen LogP contribution < -0.4 is 11.1 Å². The molecule has 0 aliphatic carbocycles. The summed E-state index contributed by atoms with van der Waals surface area (Å²) in [7, 11) is 1.55. The van der Waals surface area contributed by atoms with Crippen molar-refractivity contribution in [2.75, 3.05) is 13.6 Å². The summed E-state index contributed by atoms with van der Waals surface area (Å²) in [6.45, 7) is 0.216. The molecule has 1 aromatic carbocycles. The predicted octanol–water partition coefficient (Wildman–Crippen LogP) is 1.11. The molecule has 90 valence electrons. The minimum atomic E-state index is -0.369. The molecule has 0 spiro atoms. The van der Waals surface area contributed by atoms with Crippen LogP contribution in [0.2, 0.25) is 0 Å². The van der Waals surface area contributed by atoms with Crippen LogP contribution in [0.15, 0.2) is 24.3 Å². The van der Waals surface area contributed by atoms with Gasteiger partial charge in [0.25, 0.3) is 0 Å². The molecule has 0 saturated heterocycles. The third kappa shape index (κ3) is 3.79. The summed E-state index contributed by atoms with van der Waals surface area (Å²) in [6, 6.07) is 6.42. The summed E-state index contributed by atoms with van der Waals surface area (Å²) in [5.74, 6) is -0.812. The maximum Gasteiger partial charge on any atom is 0.224 e. The number of benzene rings is 1. The van der Waals surface area contributed by atoms with Crippen molar-refractivity contribution < 1.29 is 9.18 Å². The zero-order chi connectivity index (χ0) is 11.3. The Bertz CT molecular complexity index is 347. The summed E-state index contributed by atoms with van der Waals surface area (Å²) in [5.41, 5.74) is 5.99. The number of hydrogen-bond acceptors (Lipinski definition) is 2. The smallest absolute Gasteiger partial charge is 0.224 e. The van der Waals surface area contributed by atoms with E-state index in [0.29, 0.717) is 12.0 Å². The van der Waals surface area contributed by atoms with Gasteiger partial charge in [0, 0.05) is 13.6 Å². The largest absolute Gasteiger partial charge is 0.359 e. The van der Waals surface area contributed by atoms with Crippen LogP contribution >= 0.6 is 12.4 Å². The highest BCUT2D eigenvalue weighted by molar-refractivity contribution is 5.85. The highest BCUT2D eigenvalue weighted by Gasteiger charge is 2.17. The Morgan fingerprint density at radius 2 is 2.12 bits per heavy atom. The topological polar surface area (TPSA) is 55.1 Å². The maximum atomic E-state index is 13.3. The second-order valence-electron chi connectivity index (χ2n) is 3.34. The molecule has 3 nitrogen and oxygen atoms in total. The molecule has 0 aliphatic heterocycles. The normalized spacial score (nSPS) is 11.4. The lowest BCUT2D eigenvalue weighted by Gasteiger charge is -2.13. The first-order chi connectivity index (χ1) is 7.19. The van der Waals surface area contributed by atoms with Gasteiger partial charge in [-0.2, -0.15) is 0 Å². The maximum absolute atomic E-state index is 13.3. The third-order valence-corrected chi connectivity index (χ3v) is 2.33. The fourth-order valence-electron chi connectivity index (χ4n) is 1.42. The first kappa shape index (κ1) is 14.9. The Morgan fingerprint density at radius 3 is 2.62 bits per heavy atom. The zero-order valence-corrected chi connectivity index (χ0v) is 9.89. The first-order valence-corrected chi connectivity index (χ1v) is 4.84. The van der Waals surface area contributed by atoms with E-state index in [4.69, 9.17) is 5.73 Å². The van der Waals surface area contributed by atoms with Crippen LogP contribution in [0, 0.1) is 11.7 Å². The summed E-state index contributed by atoms with van der Waals surface area (Å²) >= 11 is 0. The molecule has 0 aliphatic rings. The van der Waals surface area contributed by atoms with Gasteiger partial charge in [-0.15, -0.1) is 12.4 Å². The van der Waals surface area contributed by atoms with E-state index in [9.17, 15) is 9.18 Å². The number of hydrogen-bond donors (Lipinski definition) is 2. The summed E-state index contributed by atoms with van der Waals surface area (Å²) in [4.78, 5) is 11.3. The molecule has 1 unspecified atom stereocenters. The molecule has 0 bridgehead atoms. The minimum Gasteiger partial charge on any atom is -0.359 e. The number of rotatable bonds is 4. The van der Waals surface area contributed by atoms with Crippen LogP contribution in [0.3, 0.4) is 0 Å². The van der Waals surface area contributed by atoms with Crippen LogP contribution in [0.1, 0.15) is 5.56 Å². The van der Waals surface area contributed by atoms with Crippen LogP contribution in [0.25, 0.3) is 0 Å². The molecule has 16 heavy (non-hydrogen) atoms. The molecular formula is C11H16ClFN2O. The molecule has 0 radical (unpaired) electrons. The van der Waals surface area contributed by atoms with Gasteiger partial charge in [-0.05, 0) is 18.1 Å². The Balaban J connectivity index is 0.00000225. The van der Waals surface area contributed by atoms with Gasteiger partial charge >= 0.3 is 0 Å². The third-order valence-electron chi connectivity index (χ3n) is 2.33. The van der Waals surface area contributed by atoms with Crippen molar-refractivity contribution in [3.63, 3.8) is 0 Å². The zero-order valence-electron chi connectivity index (χ0n) is 9.07. The second-order valence-corrected chi connectivity index (χ2v) is 3.34. The van der Waals surface area contributed by atoms with Gasteiger partial charge in [0.1, 0.15) is 5.82 Å². The van der Waals surface area contributed by atoms with Crippen LogP contribution in [-0.4, -0.2) is 19.5 Å². The Labute approximate surface area is 101 Å². The van der Waals surface area contributed by atoms with Crippen molar-refractivity contribution in [3.05, 3.63) is 35.6 Å². The Hall–Kier alpha value is -1.13. The fourth-order valence-corrected chi connectivity index (χ4v) is 1.42. The summed E-state index contributed by atoms with van der Waals surface area (Å²) < 4.78 is 13.3. The standard InChI is InChI=1S/C11H15FN2O.ClH/c1-14-11(15)9(7-13)6-8-4-2-3-5-10(8)12;/h2-5,9H,6-7,13H2,1H3,(H,14,15);1H. The van der Waals surface area contributed by atoms with Crippen molar-refractivity contribution in [2.24, 2.45) is 11.7 Å².